The third kappa shape index (κ3) is 3.81. The number of aliphatic carboxylic acids is 1. The summed E-state index contributed by atoms with van der Waals surface area (Å²) < 4.78 is 5.21. The van der Waals surface area contributed by atoms with Gasteiger partial charge in [0.05, 0.1) is 7.11 Å². The highest BCUT2D eigenvalue weighted by Gasteiger charge is 2.51. The quantitative estimate of drug-likeness (QED) is 0.859. The number of carboxylic acid groups (broad SMARTS) is 1. The molecule has 0 bridgehead atoms. The fraction of sp³-hybridized carbons (Fsp3) is 0.619. The van der Waals surface area contributed by atoms with Crippen LogP contribution < -0.4 is 4.74 Å². The monoisotopic (exact) mass is 372 g/mol. The van der Waals surface area contributed by atoms with E-state index in [-0.39, 0.29) is 17.2 Å². The first-order chi connectivity index (χ1) is 13.0. The molecule has 0 aromatic heterocycles. The third-order valence-electron chi connectivity index (χ3n) is 6.49. The molecule has 4 rings (SSSR count). The van der Waals surface area contributed by atoms with E-state index in [0.717, 1.165) is 51.1 Å². The van der Waals surface area contributed by atoms with Gasteiger partial charge in [-0.1, -0.05) is 12.1 Å². The summed E-state index contributed by atoms with van der Waals surface area (Å²) in [6, 6.07) is 7.52. The Morgan fingerprint density at radius 1 is 1.19 bits per heavy atom. The number of rotatable bonds is 5. The van der Waals surface area contributed by atoms with Crippen molar-refractivity contribution in [3.63, 3.8) is 0 Å². The molecule has 2 aliphatic heterocycles. The average molecular weight is 372 g/mol. The minimum atomic E-state index is -0.846. The van der Waals surface area contributed by atoms with E-state index >= 15 is 0 Å². The number of amides is 1. The van der Waals surface area contributed by atoms with Crippen LogP contribution in [-0.4, -0.2) is 59.6 Å². The zero-order valence-corrected chi connectivity index (χ0v) is 15.9. The van der Waals surface area contributed by atoms with Crippen LogP contribution in [-0.2, 0) is 16.1 Å². The smallest absolute Gasteiger partial charge is 0.326 e. The maximum atomic E-state index is 12.5. The maximum absolute atomic E-state index is 12.5. The SMILES string of the molecule is COc1ccc(CN2CCC3(CC2)C[C@@H](C(=O)O)N(C(=O)C2CC2)C3)cc1. The molecule has 1 saturated carbocycles. The van der Waals surface area contributed by atoms with Gasteiger partial charge in [-0.3, -0.25) is 9.69 Å². The minimum Gasteiger partial charge on any atom is -0.497 e. The highest BCUT2D eigenvalue weighted by atomic mass is 16.5. The van der Waals surface area contributed by atoms with Crippen molar-refractivity contribution in [2.45, 2.75) is 44.7 Å². The molecule has 146 valence electrons. The second-order valence-corrected chi connectivity index (χ2v) is 8.42. The number of nitrogens with zero attached hydrogens (tertiary/aromatic N) is 2. The molecule has 1 amide bonds. The lowest BCUT2D eigenvalue weighted by Crippen LogP contribution is -2.43. The van der Waals surface area contributed by atoms with Gasteiger partial charge >= 0.3 is 5.97 Å². The third-order valence-corrected chi connectivity index (χ3v) is 6.49. The predicted molar refractivity (Wildman–Crippen MR) is 100 cm³/mol. The standard InChI is InChI=1S/C21H28N2O4/c1-27-17-6-2-15(3-7-17)13-22-10-8-21(9-11-22)12-18(20(25)26)23(14-21)19(24)16-4-5-16/h2-3,6-7,16,18H,4-5,8-14H2,1H3,(H,25,26)/t18-/m0/s1. The van der Waals surface area contributed by atoms with Crippen LogP contribution >= 0.6 is 0 Å². The van der Waals surface area contributed by atoms with Gasteiger partial charge in [-0.15, -0.1) is 0 Å². The Balaban J connectivity index is 1.37. The molecule has 1 aromatic rings. The Bertz CT molecular complexity index is 705. The molecule has 6 heteroatoms. The molecule has 2 heterocycles. The lowest BCUT2D eigenvalue weighted by molar-refractivity contribution is -0.148. The van der Waals surface area contributed by atoms with Gasteiger partial charge in [0.1, 0.15) is 11.8 Å². The normalized spacial score (nSPS) is 24.9. The first-order valence-electron chi connectivity index (χ1n) is 9.88. The van der Waals surface area contributed by atoms with Gasteiger partial charge < -0.3 is 14.7 Å². The Hall–Kier alpha value is -2.08. The minimum absolute atomic E-state index is 0.0238. The number of hydrogen-bond acceptors (Lipinski definition) is 4. The van der Waals surface area contributed by atoms with Crippen LogP contribution in [0, 0.1) is 11.3 Å². The Morgan fingerprint density at radius 2 is 1.85 bits per heavy atom. The van der Waals surface area contributed by atoms with E-state index in [1.165, 1.54) is 5.56 Å². The van der Waals surface area contributed by atoms with Gasteiger partial charge in [0.2, 0.25) is 5.91 Å². The number of carbonyl (C=O) groups excluding carboxylic acids is 1. The molecule has 1 aromatic carbocycles. The Morgan fingerprint density at radius 3 is 2.41 bits per heavy atom. The molecule has 1 aliphatic carbocycles. The lowest BCUT2D eigenvalue weighted by Gasteiger charge is -2.39. The van der Waals surface area contributed by atoms with Crippen LogP contribution in [0.1, 0.15) is 37.7 Å². The van der Waals surface area contributed by atoms with E-state index < -0.39 is 12.0 Å². The number of carbonyl (C=O) groups is 2. The summed E-state index contributed by atoms with van der Waals surface area (Å²) in [4.78, 5) is 28.4. The van der Waals surface area contributed by atoms with Gasteiger partial charge in [0.15, 0.2) is 0 Å². The molecule has 27 heavy (non-hydrogen) atoms. The highest BCUT2D eigenvalue weighted by molar-refractivity contribution is 5.87. The van der Waals surface area contributed by atoms with Crippen LogP contribution in [0.3, 0.4) is 0 Å². The molecule has 2 saturated heterocycles. The number of benzene rings is 1. The summed E-state index contributed by atoms with van der Waals surface area (Å²) in [6.07, 6.45) is 4.37. The first kappa shape index (κ1) is 18.3. The molecule has 1 N–H and O–H groups in total. The zero-order valence-electron chi connectivity index (χ0n) is 15.9. The van der Waals surface area contributed by atoms with E-state index in [2.05, 4.69) is 17.0 Å². The molecule has 6 nitrogen and oxygen atoms in total. The summed E-state index contributed by atoms with van der Waals surface area (Å²) in [5, 5.41) is 9.62. The van der Waals surface area contributed by atoms with Gasteiger partial charge in [0.25, 0.3) is 0 Å². The topological polar surface area (TPSA) is 70.1 Å². The summed E-state index contributed by atoms with van der Waals surface area (Å²) in [5.41, 5.74) is 1.23. The molecular formula is C21H28N2O4. The van der Waals surface area contributed by atoms with Crippen LogP contribution in [0.2, 0.25) is 0 Å². The molecule has 1 atom stereocenters. The maximum Gasteiger partial charge on any atom is 0.326 e. The van der Waals surface area contributed by atoms with Crippen molar-refractivity contribution in [1.82, 2.24) is 9.80 Å². The lowest BCUT2D eigenvalue weighted by atomic mass is 9.76. The van der Waals surface area contributed by atoms with Crippen molar-refractivity contribution >= 4 is 11.9 Å². The van der Waals surface area contributed by atoms with Crippen LogP contribution in [0.25, 0.3) is 0 Å². The second-order valence-electron chi connectivity index (χ2n) is 8.42. The van der Waals surface area contributed by atoms with E-state index in [1.54, 1.807) is 12.0 Å². The summed E-state index contributed by atoms with van der Waals surface area (Å²) in [7, 11) is 1.67. The van der Waals surface area contributed by atoms with Crippen LogP contribution in [0.4, 0.5) is 0 Å². The van der Waals surface area contributed by atoms with Crippen molar-refractivity contribution in [1.29, 1.82) is 0 Å². The van der Waals surface area contributed by atoms with E-state index in [4.69, 9.17) is 4.74 Å². The summed E-state index contributed by atoms with van der Waals surface area (Å²) in [6.45, 7) is 3.41. The van der Waals surface area contributed by atoms with Gasteiger partial charge in [-0.25, -0.2) is 4.79 Å². The van der Waals surface area contributed by atoms with E-state index in [0.29, 0.717) is 13.0 Å². The first-order valence-corrected chi connectivity index (χ1v) is 9.88. The number of carboxylic acids is 1. The van der Waals surface area contributed by atoms with Crippen LogP contribution in [0.5, 0.6) is 5.75 Å². The molecular weight excluding hydrogens is 344 g/mol. The van der Waals surface area contributed by atoms with Crippen molar-refractivity contribution < 1.29 is 19.4 Å². The molecule has 1 spiro atoms. The fourth-order valence-corrected chi connectivity index (χ4v) is 4.61. The number of methoxy groups -OCH3 is 1. The fourth-order valence-electron chi connectivity index (χ4n) is 4.61. The Kier molecular flexibility index (Phi) is 4.84. The summed E-state index contributed by atoms with van der Waals surface area (Å²) in [5.74, 6) is 0.168. The average Bonchev–Trinajstić information content (AvgIpc) is 3.46. The van der Waals surface area contributed by atoms with Crippen molar-refractivity contribution in [2.75, 3.05) is 26.7 Å². The second kappa shape index (κ2) is 7.15. The van der Waals surface area contributed by atoms with Crippen molar-refractivity contribution in [3.05, 3.63) is 29.8 Å². The highest BCUT2D eigenvalue weighted by Crippen LogP contribution is 2.45. The Labute approximate surface area is 160 Å². The number of hydrogen-bond donors (Lipinski definition) is 1. The zero-order chi connectivity index (χ0) is 19.0. The molecule has 0 unspecified atom stereocenters. The summed E-state index contributed by atoms with van der Waals surface area (Å²) >= 11 is 0. The van der Waals surface area contributed by atoms with E-state index in [1.807, 2.05) is 12.1 Å². The van der Waals surface area contributed by atoms with Crippen LogP contribution in [0.15, 0.2) is 24.3 Å². The van der Waals surface area contributed by atoms with Gasteiger partial charge in [0, 0.05) is 19.0 Å². The largest absolute Gasteiger partial charge is 0.497 e. The van der Waals surface area contributed by atoms with Crippen molar-refractivity contribution in [2.24, 2.45) is 11.3 Å². The van der Waals surface area contributed by atoms with Gasteiger partial charge in [-0.05, 0) is 68.3 Å². The van der Waals surface area contributed by atoms with E-state index in [9.17, 15) is 14.7 Å². The molecule has 3 aliphatic rings. The number of likely N-dealkylation sites (tertiary alicyclic amines) is 2. The molecule has 0 radical (unpaired) electrons. The predicted octanol–water partition coefficient (Wildman–Crippen LogP) is 2.37. The van der Waals surface area contributed by atoms with Gasteiger partial charge in [-0.2, -0.15) is 0 Å². The molecule has 3 fully saturated rings. The van der Waals surface area contributed by atoms with Crippen molar-refractivity contribution in [3.8, 4) is 5.75 Å². The number of piperidine rings is 1. The number of ether oxygens (including phenoxy) is 1.